The van der Waals surface area contributed by atoms with Crippen molar-refractivity contribution >= 4 is 23.4 Å². The number of hydrogen-bond acceptors (Lipinski definition) is 6. The number of carbonyl (C=O) groups is 1. The van der Waals surface area contributed by atoms with Gasteiger partial charge in [0.15, 0.2) is 0 Å². The van der Waals surface area contributed by atoms with Crippen LogP contribution in [0, 0.1) is 11.8 Å². The van der Waals surface area contributed by atoms with Crippen LogP contribution in [0.15, 0.2) is 17.0 Å². The van der Waals surface area contributed by atoms with E-state index in [9.17, 15) is 17.8 Å². The minimum absolute atomic E-state index is 0.0296. The number of carbonyl (C=O) groups excluding carboxylic acids is 1. The van der Waals surface area contributed by atoms with Crippen LogP contribution >= 0.6 is 7.37 Å². The van der Waals surface area contributed by atoms with Gasteiger partial charge in [-0.25, -0.2) is 8.42 Å². The van der Waals surface area contributed by atoms with Gasteiger partial charge < -0.3 is 9.26 Å². The molecular weight excluding hydrogens is 533 g/mol. The van der Waals surface area contributed by atoms with Gasteiger partial charge in [-0.3, -0.25) is 9.36 Å². The first-order chi connectivity index (χ1) is 18.1. The lowest BCUT2D eigenvalue weighted by Gasteiger charge is -2.35. The average molecular weight is 586 g/mol. The molecule has 0 heterocycles. The topological polar surface area (TPSA) is 98.8 Å². The van der Waals surface area contributed by atoms with Crippen LogP contribution in [0.2, 0.25) is 0 Å². The fourth-order valence-electron chi connectivity index (χ4n) is 5.67. The Morgan fingerprint density at radius 3 is 1.95 bits per heavy atom. The van der Waals surface area contributed by atoms with E-state index in [-0.39, 0.29) is 47.8 Å². The first-order valence-electron chi connectivity index (χ1n) is 14.7. The lowest BCUT2D eigenvalue weighted by atomic mass is 9.89. The Kier molecular flexibility index (Phi) is 12.3. The van der Waals surface area contributed by atoms with E-state index in [2.05, 4.69) is 18.6 Å². The van der Waals surface area contributed by atoms with E-state index >= 15 is 0 Å². The molecule has 1 N–H and O–H groups in total. The van der Waals surface area contributed by atoms with Gasteiger partial charge in [0, 0.05) is 0 Å². The standard InChI is InChI=1S/C30H52NO6PS/c1-11-36-30(32)24-14-13-15-27(24)38(33,37-12-2)28(16-19(3)4)31-39(34,35)29-25(21(7)8)17-23(20(5)6)18-26(29)22(9)10/h17-22,24,27-28,31H,11-16H2,1-10H3/t24-,27+,28+,38-/m0/s1. The maximum Gasteiger partial charge on any atom is 0.309 e. The van der Waals surface area contributed by atoms with E-state index in [0.29, 0.717) is 19.3 Å². The van der Waals surface area contributed by atoms with Gasteiger partial charge in [0.05, 0.1) is 35.5 Å². The van der Waals surface area contributed by atoms with Crippen molar-refractivity contribution in [1.82, 2.24) is 4.72 Å². The summed E-state index contributed by atoms with van der Waals surface area (Å²) in [5, 5.41) is 0. The molecular formula is C30H52NO6PS. The Bertz CT molecular complexity index is 1100. The predicted molar refractivity (Wildman–Crippen MR) is 159 cm³/mol. The van der Waals surface area contributed by atoms with E-state index in [1.807, 2.05) is 53.7 Å². The highest BCUT2D eigenvalue weighted by atomic mass is 32.2. The number of ether oxygens (including phenoxy) is 1. The van der Waals surface area contributed by atoms with E-state index in [1.54, 1.807) is 13.8 Å². The molecule has 0 radical (unpaired) electrons. The molecule has 1 aromatic rings. The third kappa shape index (κ3) is 7.96. The minimum Gasteiger partial charge on any atom is -0.466 e. The van der Waals surface area contributed by atoms with Gasteiger partial charge in [-0.2, -0.15) is 4.72 Å². The average Bonchev–Trinajstić information content (AvgIpc) is 3.33. The molecule has 1 aliphatic carbocycles. The van der Waals surface area contributed by atoms with Crippen LogP contribution in [0.5, 0.6) is 0 Å². The van der Waals surface area contributed by atoms with Gasteiger partial charge in [0.25, 0.3) is 0 Å². The van der Waals surface area contributed by atoms with E-state index in [4.69, 9.17) is 9.26 Å². The van der Waals surface area contributed by atoms with Crippen molar-refractivity contribution in [3.05, 3.63) is 28.8 Å². The summed E-state index contributed by atoms with van der Waals surface area (Å²) >= 11 is 0. The quantitative estimate of drug-likeness (QED) is 0.177. The summed E-state index contributed by atoms with van der Waals surface area (Å²) in [5.41, 5.74) is 2.04. The number of rotatable bonds is 14. The van der Waals surface area contributed by atoms with Crippen LogP contribution in [0.3, 0.4) is 0 Å². The summed E-state index contributed by atoms with van der Waals surface area (Å²) in [6, 6.07) is 4.01. The van der Waals surface area contributed by atoms with Crippen molar-refractivity contribution in [2.45, 2.75) is 129 Å². The van der Waals surface area contributed by atoms with Gasteiger partial charge in [-0.05, 0) is 73.5 Å². The van der Waals surface area contributed by atoms with Crippen molar-refractivity contribution in [1.29, 1.82) is 0 Å². The maximum atomic E-state index is 14.9. The van der Waals surface area contributed by atoms with Crippen molar-refractivity contribution < 1.29 is 27.0 Å². The van der Waals surface area contributed by atoms with Crippen LogP contribution in [0.1, 0.15) is 129 Å². The largest absolute Gasteiger partial charge is 0.466 e. The summed E-state index contributed by atoms with van der Waals surface area (Å²) in [6.45, 7) is 20.1. The smallest absolute Gasteiger partial charge is 0.309 e. The molecule has 0 amide bonds. The Balaban J connectivity index is 2.71. The van der Waals surface area contributed by atoms with Crippen LogP contribution < -0.4 is 4.72 Å². The monoisotopic (exact) mass is 585 g/mol. The second-order valence-electron chi connectivity index (χ2n) is 12.2. The zero-order valence-corrected chi connectivity index (χ0v) is 27.5. The Labute approximate surface area is 237 Å². The molecule has 4 atom stereocenters. The molecule has 224 valence electrons. The molecule has 0 aliphatic heterocycles. The molecule has 2 rings (SSSR count). The third-order valence-corrected chi connectivity index (χ3v) is 12.8. The second-order valence-corrected chi connectivity index (χ2v) is 16.7. The molecule has 1 fully saturated rings. The Morgan fingerprint density at radius 1 is 0.949 bits per heavy atom. The molecule has 1 aliphatic rings. The van der Waals surface area contributed by atoms with Gasteiger partial charge in [0.1, 0.15) is 0 Å². The SMILES string of the molecule is CCOC(=O)[C@H]1CCC[C@H]1[P@](=O)(OCC)[C@H](CC(C)C)NS(=O)(=O)c1c(C(C)C)cc(C(C)C)cc1C(C)C. The summed E-state index contributed by atoms with van der Waals surface area (Å²) in [7, 11) is -7.77. The van der Waals surface area contributed by atoms with Gasteiger partial charge in [0.2, 0.25) is 17.4 Å². The molecule has 0 bridgehead atoms. The van der Waals surface area contributed by atoms with E-state index in [0.717, 1.165) is 23.1 Å². The molecule has 1 saturated carbocycles. The van der Waals surface area contributed by atoms with Crippen LogP contribution in [0.25, 0.3) is 0 Å². The van der Waals surface area contributed by atoms with Crippen molar-refractivity contribution in [2.75, 3.05) is 13.2 Å². The lowest BCUT2D eigenvalue weighted by molar-refractivity contribution is -0.147. The molecule has 39 heavy (non-hydrogen) atoms. The number of sulfonamides is 1. The molecule has 0 aromatic heterocycles. The van der Waals surface area contributed by atoms with Gasteiger partial charge in [-0.15, -0.1) is 0 Å². The Hall–Kier alpha value is -1.21. The van der Waals surface area contributed by atoms with Crippen molar-refractivity contribution in [2.24, 2.45) is 11.8 Å². The highest BCUT2D eigenvalue weighted by molar-refractivity contribution is 7.90. The third-order valence-electron chi connectivity index (χ3n) is 7.63. The number of benzene rings is 1. The first-order valence-corrected chi connectivity index (χ1v) is 18.0. The zero-order chi connectivity index (χ0) is 29.7. The molecule has 9 heteroatoms. The van der Waals surface area contributed by atoms with Gasteiger partial charge >= 0.3 is 5.97 Å². The zero-order valence-electron chi connectivity index (χ0n) is 25.7. The molecule has 0 spiro atoms. The van der Waals surface area contributed by atoms with Crippen LogP contribution in [-0.2, 0) is 28.6 Å². The van der Waals surface area contributed by atoms with E-state index < -0.39 is 34.8 Å². The minimum atomic E-state index is -4.10. The van der Waals surface area contributed by atoms with Crippen molar-refractivity contribution in [3.63, 3.8) is 0 Å². The summed E-state index contributed by atoms with van der Waals surface area (Å²) in [5.74, 6) is -1.66. The fourth-order valence-corrected chi connectivity index (χ4v) is 11.7. The fraction of sp³-hybridized carbons (Fsp3) is 0.767. The van der Waals surface area contributed by atoms with E-state index in [1.165, 1.54) is 0 Å². The molecule has 7 nitrogen and oxygen atoms in total. The van der Waals surface area contributed by atoms with Crippen LogP contribution in [0.4, 0.5) is 0 Å². The lowest BCUT2D eigenvalue weighted by Crippen LogP contribution is -2.41. The number of hydrogen-bond donors (Lipinski definition) is 1. The maximum absolute atomic E-state index is 14.9. The highest BCUT2D eigenvalue weighted by Crippen LogP contribution is 2.63. The molecule has 0 unspecified atom stereocenters. The Morgan fingerprint density at radius 2 is 1.51 bits per heavy atom. The predicted octanol–water partition coefficient (Wildman–Crippen LogP) is 7.75. The summed E-state index contributed by atoms with van der Waals surface area (Å²) in [4.78, 5) is 13.1. The van der Waals surface area contributed by atoms with Crippen LogP contribution in [-0.4, -0.2) is 39.0 Å². The number of esters is 1. The summed E-state index contributed by atoms with van der Waals surface area (Å²) < 4.78 is 57.9. The number of nitrogens with one attached hydrogen (secondary N) is 1. The molecule has 0 saturated heterocycles. The molecule has 1 aromatic carbocycles. The highest BCUT2D eigenvalue weighted by Gasteiger charge is 2.51. The first kappa shape index (κ1) is 34.0. The second kappa shape index (κ2) is 14.1. The van der Waals surface area contributed by atoms with Gasteiger partial charge in [-0.1, -0.05) is 73.9 Å². The summed E-state index contributed by atoms with van der Waals surface area (Å²) in [6.07, 6.45) is 2.15. The van der Waals surface area contributed by atoms with Crippen molar-refractivity contribution in [3.8, 4) is 0 Å². The normalized spacial score (nSPS) is 20.7.